The van der Waals surface area contributed by atoms with E-state index >= 15 is 0 Å². The summed E-state index contributed by atoms with van der Waals surface area (Å²) in [6.45, 7) is 0. The molecule has 106 valence electrons. The van der Waals surface area contributed by atoms with Crippen LogP contribution in [-0.4, -0.2) is 5.97 Å². The first-order valence-corrected chi connectivity index (χ1v) is 6.78. The van der Waals surface area contributed by atoms with Crippen molar-refractivity contribution in [1.29, 1.82) is 0 Å². The third kappa shape index (κ3) is 1.93. The molecule has 4 rings (SSSR count). The molecule has 4 nitrogen and oxygen atoms in total. The van der Waals surface area contributed by atoms with Crippen LogP contribution < -0.4 is 5.43 Å². The maximum absolute atomic E-state index is 12.1. The van der Waals surface area contributed by atoms with E-state index in [0.29, 0.717) is 33.6 Å². The lowest BCUT2D eigenvalue weighted by molar-refractivity contribution is 0.0717. The molecular formula is C18H10O4. The summed E-state index contributed by atoms with van der Waals surface area (Å²) in [6, 6.07) is 15.5. The molecule has 0 amide bonds. The molecular weight excluding hydrogens is 280 g/mol. The molecule has 0 saturated carbocycles. The van der Waals surface area contributed by atoms with E-state index < -0.39 is 5.97 Å². The summed E-state index contributed by atoms with van der Waals surface area (Å²) in [5, 5.41) is 0.522. The summed E-state index contributed by atoms with van der Waals surface area (Å²) in [4.78, 5) is 23.9. The van der Waals surface area contributed by atoms with Gasteiger partial charge in [-0.2, -0.15) is 0 Å². The fourth-order valence-electron chi connectivity index (χ4n) is 2.52. The number of rotatable bonds is 1. The normalized spacial score (nSPS) is 15.1. The van der Waals surface area contributed by atoms with Crippen molar-refractivity contribution in [1.82, 2.24) is 0 Å². The van der Waals surface area contributed by atoms with Crippen molar-refractivity contribution in [3.63, 3.8) is 0 Å². The quantitative estimate of drug-likeness (QED) is 0.644. The van der Waals surface area contributed by atoms with Crippen molar-refractivity contribution in [2.75, 3.05) is 0 Å². The minimum absolute atomic E-state index is 0.133. The largest absolute Gasteiger partial charge is 0.456 e. The molecule has 0 N–H and O–H groups in total. The van der Waals surface area contributed by atoms with Crippen LogP contribution in [0.25, 0.3) is 22.8 Å². The van der Waals surface area contributed by atoms with Crippen LogP contribution >= 0.6 is 0 Å². The Morgan fingerprint density at radius 1 is 0.864 bits per heavy atom. The van der Waals surface area contributed by atoms with Gasteiger partial charge in [-0.15, -0.1) is 0 Å². The summed E-state index contributed by atoms with van der Waals surface area (Å²) in [7, 11) is 0. The zero-order chi connectivity index (χ0) is 15.1. The summed E-state index contributed by atoms with van der Waals surface area (Å²) in [5.41, 5.74) is 1.57. The fourth-order valence-corrected chi connectivity index (χ4v) is 2.52. The standard InChI is InChI=1S/C18H10O4/c19-15-9-11(21-16-8-4-3-7-14(15)16)10-17-12-5-1-2-6-13(12)18(20)22-17/h1-10H/b17-10+. The average Bonchev–Trinajstić information content (AvgIpc) is 2.84. The highest BCUT2D eigenvalue weighted by Crippen LogP contribution is 2.31. The first-order chi connectivity index (χ1) is 10.7. The molecule has 0 aliphatic carbocycles. The molecule has 0 unspecified atom stereocenters. The van der Waals surface area contributed by atoms with Gasteiger partial charge in [-0.3, -0.25) is 4.79 Å². The Hall–Kier alpha value is -3.14. The lowest BCUT2D eigenvalue weighted by Gasteiger charge is -2.01. The van der Waals surface area contributed by atoms with Crippen molar-refractivity contribution in [2.24, 2.45) is 0 Å². The predicted molar refractivity (Wildman–Crippen MR) is 82.2 cm³/mol. The molecule has 0 radical (unpaired) electrons. The van der Waals surface area contributed by atoms with Crippen LogP contribution in [0.3, 0.4) is 0 Å². The van der Waals surface area contributed by atoms with E-state index in [9.17, 15) is 9.59 Å². The molecule has 3 aromatic rings. The van der Waals surface area contributed by atoms with Crippen LogP contribution in [0.2, 0.25) is 0 Å². The Morgan fingerprint density at radius 3 is 2.45 bits per heavy atom. The molecule has 22 heavy (non-hydrogen) atoms. The number of hydrogen-bond donors (Lipinski definition) is 0. The second kappa shape index (κ2) is 4.70. The molecule has 1 aliphatic heterocycles. The van der Waals surface area contributed by atoms with Gasteiger partial charge >= 0.3 is 5.97 Å². The van der Waals surface area contributed by atoms with E-state index in [-0.39, 0.29) is 5.43 Å². The van der Waals surface area contributed by atoms with Gasteiger partial charge in [0.1, 0.15) is 17.1 Å². The van der Waals surface area contributed by atoms with E-state index in [0.717, 1.165) is 0 Å². The van der Waals surface area contributed by atoms with Gasteiger partial charge in [-0.25, -0.2) is 4.79 Å². The first kappa shape index (κ1) is 12.6. The second-order valence-electron chi connectivity index (χ2n) is 4.95. The Balaban J connectivity index is 1.88. The van der Waals surface area contributed by atoms with Gasteiger partial charge in [-0.1, -0.05) is 30.3 Å². The van der Waals surface area contributed by atoms with Gasteiger partial charge in [0, 0.05) is 17.7 Å². The van der Waals surface area contributed by atoms with E-state index in [1.54, 1.807) is 48.5 Å². The van der Waals surface area contributed by atoms with Crippen molar-refractivity contribution in [2.45, 2.75) is 0 Å². The topological polar surface area (TPSA) is 56.5 Å². The third-order valence-corrected chi connectivity index (χ3v) is 3.54. The van der Waals surface area contributed by atoms with Gasteiger partial charge in [0.2, 0.25) is 0 Å². The van der Waals surface area contributed by atoms with Crippen LogP contribution in [0, 0.1) is 0 Å². The van der Waals surface area contributed by atoms with Crippen molar-refractivity contribution in [3.8, 4) is 0 Å². The molecule has 1 aromatic heterocycles. The zero-order valence-corrected chi connectivity index (χ0v) is 11.4. The Morgan fingerprint density at radius 2 is 1.59 bits per heavy atom. The van der Waals surface area contributed by atoms with E-state index in [1.165, 1.54) is 6.07 Å². The number of carbonyl (C=O) groups excluding carboxylic acids is 1. The molecule has 1 aliphatic rings. The van der Waals surface area contributed by atoms with Crippen molar-refractivity contribution in [3.05, 3.63) is 81.7 Å². The monoisotopic (exact) mass is 290 g/mol. The molecule has 4 heteroatoms. The number of benzene rings is 2. The fraction of sp³-hybridized carbons (Fsp3) is 0. The lowest BCUT2D eigenvalue weighted by atomic mass is 10.1. The van der Waals surface area contributed by atoms with Crippen LogP contribution in [0.15, 0.2) is 63.8 Å². The van der Waals surface area contributed by atoms with Crippen molar-refractivity contribution < 1.29 is 13.9 Å². The van der Waals surface area contributed by atoms with Gasteiger partial charge in [0.05, 0.1) is 10.9 Å². The van der Waals surface area contributed by atoms with Crippen LogP contribution in [0.5, 0.6) is 0 Å². The smallest absolute Gasteiger partial charge is 0.344 e. The van der Waals surface area contributed by atoms with E-state index in [1.807, 2.05) is 6.07 Å². The highest BCUT2D eigenvalue weighted by Gasteiger charge is 2.25. The van der Waals surface area contributed by atoms with E-state index in [4.69, 9.17) is 9.15 Å². The summed E-state index contributed by atoms with van der Waals surface area (Å²) >= 11 is 0. The molecule has 0 bridgehead atoms. The van der Waals surface area contributed by atoms with Crippen LogP contribution in [0.1, 0.15) is 21.7 Å². The predicted octanol–water partition coefficient (Wildman–Crippen LogP) is 3.46. The third-order valence-electron chi connectivity index (χ3n) is 3.54. The summed E-state index contributed by atoms with van der Waals surface area (Å²) in [5.74, 6) is 0.340. The highest BCUT2D eigenvalue weighted by molar-refractivity contribution is 6.05. The number of para-hydroxylation sites is 1. The SMILES string of the molecule is O=C1O/C(=C/c2cc(=O)c3ccccc3o2)c2ccccc21. The van der Waals surface area contributed by atoms with Crippen LogP contribution in [0.4, 0.5) is 0 Å². The van der Waals surface area contributed by atoms with Gasteiger partial charge in [-0.05, 0) is 18.2 Å². The number of esters is 1. The summed E-state index contributed by atoms with van der Waals surface area (Å²) in [6.07, 6.45) is 1.57. The number of fused-ring (bicyclic) bond motifs is 2. The molecule has 0 saturated heterocycles. The van der Waals surface area contributed by atoms with Gasteiger partial charge < -0.3 is 9.15 Å². The first-order valence-electron chi connectivity index (χ1n) is 6.78. The Bertz CT molecular complexity index is 995. The molecule has 0 spiro atoms. The van der Waals surface area contributed by atoms with E-state index in [2.05, 4.69) is 0 Å². The van der Waals surface area contributed by atoms with Gasteiger partial charge in [0.15, 0.2) is 5.43 Å². The minimum atomic E-state index is -0.398. The average molecular weight is 290 g/mol. The summed E-state index contributed by atoms with van der Waals surface area (Å²) < 4.78 is 10.9. The van der Waals surface area contributed by atoms with Gasteiger partial charge in [0.25, 0.3) is 0 Å². The molecule has 2 heterocycles. The van der Waals surface area contributed by atoms with Crippen molar-refractivity contribution >= 4 is 28.8 Å². The molecule has 0 atom stereocenters. The lowest BCUT2D eigenvalue weighted by Crippen LogP contribution is -2.00. The maximum Gasteiger partial charge on any atom is 0.344 e. The highest BCUT2D eigenvalue weighted by atomic mass is 16.5. The number of carbonyl (C=O) groups is 1. The number of cyclic esters (lactones) is 1. The Kier molecular flexibility index (Phi) is 2.69. The van der Waals surface area contributed by atoms with Crippen LogP contribution in [-0.2, 0) is 4.74 Å². The minimum Gasteiger partial charge on any atom is -0.456 e. The zero-order valence-electron chi connectivity index (χ0n) is 11.4. The Labute approximate surface area is 125 Å². The number of hydrogen-bond acceptors (Lipinski definition) is 4. The molecule has 0 fully saturated rings. The maximum atomic E-state index is 12.1. The number of ether oxygens (including phenoxy) is 1. The molecule has 2 aromatic carbocycles. The second-order valence-corrected chi connectivity index (χ2v) is 4.95.